The second-order valence-corrected chi connectivity index (χ2v) is 7.08. The van der Waals surface area contributed by atoms with Crippen LogP contribution in [0.1, 0.15) is 0 Å². The molecule has 0 unspecified atom stereocenters. The first-order valence-corrected chi connectivity index (χ1v) is 8.84. The normalized spacial score (nSPS) is 17.0. The van der Waals surface area contributed by atoms with Gasteiger partial charge in [0.15, 0.2) is 0 Å². The van der Waals surface area contributed by atoms with Gasteiger partial charge in [-0.15, -0.1) is 11.5 Å². The van der Waals surface area contributed by atoms with E-state index in [2.05, 4.69) is 32.3 Å². The largest absolute Gasteiger partial charge is 0.290 e. The van der Waals surface area contributed by atoms with Crippen LogP contribution >= 0.6 is 23.6 Å². The highest BCUT2D eigenvalue weighted by Gasteiger charge is 2.18. The Balaban J connectivity index is 1.57. The van der Waals surface area contributed by atoms with Crippen molar-refractivity contribution in [2.45, 2.75) is 6.67 Å². The predicted octanol–water partition coefficient (Wildman–Crippen LogP) is 2.29. The van der Waals surface area contributed by atoms with E-state index in [1.165, 1.54) is 4.70 Å². The van der Waals surface area contributed by atoms with Crippen molar-refractivity contribution in [3.8, 4) is 12.3 Å². The number of aromatic nitrogens is 3. The van der Waals surface area contributed by atoms with Crippen LogP contribution in [-0.4, -0.2) is 56.7 Å². The molecule has 0 aliphatic carbocycles. The minimum atomic E-state index is 0.736. The average Bonchev–Trinajstić information content (AvgIpc) is 3.07. The number of rotatable bonds is 3. The number of fused-ring (bicyclic) bond motifs is 3. The topological polar surface area (TPSA) is 28.7 Å². The molecule has 0 spiro atoms. The second-order valence-electron chi connectivity index (χ2n) is 5.71. The van der Waals surface area contributed by atoms with E-state index in [9.17, 15) is 0 Å². The van der Waals surface area contributed by atoms with Gasteiger partial charge >= 0.3 is 0 Å². The van der Waals surface area contributed by atoms with E-state index in [4.69, 9.17) is 23.7 Å². The Bertz CT molecular complexity index is 937. The van der Waals surface area contributed by atoms with Gasteiger partial charge in [0.2, 0.25) is 9.73 Å². The first kappa shape index (κ1) is 14.8. The molecule has 0 atom stereocenters. The van der Waals surface area contributed by atoms with Gasteiger partial charge in [0, 0.05) is 26.2 Å². The van der Waals surface area contributed by atoms with Crippen LogP contribution in [0.15, 0.2) is 24.3 Å². The zero-order valence-electron chi connectivity index (χ0n) is 12.7. The first-order chi connectivity index (χ1) is 11.3. The zero-order valence-corrected chi connectivity index (χ0v) is 14.3. The molecule has 118 valence electrons. The molecule has 0 saturated carbocycles. The number of benzene rings is 1. The fourth-order valence-electron chi connectivity index (χ4n) is 2.99. The van der Waals surface area contributed by atoms with Gasteiger partial charge in [-0.25, -0.2) is 4.68 Å². The molecule has 0 bridgehead atoms. The molecule has 4 rings (SSSR count). The van der Waals surface area contributed by atoms with Crippen molar-refractivity contribution >= 4 is 38.7 Å². The highest BCUT2D eigenvalue weighted by Crippen LogP contribution is 2.25. The Morgan fingerprint density at radius 2 is 1.91 bits per heavy atom. The SMILES string of the molecule is C#CCN1CCN(Cn2nc3sc4ccccc4n3c2=S)CC1. The smallest absolute Gasteiger partial charge is 0.216 e. The van der Waals surface area contributed by atoms with Gasteiger partial charge in [-0.05, 0) is 24.4 Å². The Labute approximate surface area is 143 Å². The molecule has 3 heterocycles. The standard InChI is InChI=1S/C16H17N5S2/c1-2-7-18-8-10-19(11-9-18)12-20-16(22)21-13-5-3-4-6-14(13)23-15(21)17-20/h1,3-6H,7-12H2. The van der Waals surface area contributed by atoms with E-state index in [-0.39, 0.29) is 0 Å². The van der Waals surface area contributed by atoms with Gasteiger partial charge in [0.1, 0.15) is 0 Å². The molecule has 5 nitrogen and oxygen atoms in total. The molecular formula is C16H17N5S2. The molecule has 0 amide bonds. The number of hydrogen-bond acceptors (Lipinski definition) is 5. The number of para-hydroxylation sites is 1. The van der Waals surface area contributed by atoms with Crippen LogP contribution in [0.3, 0.4) is 0 Å². The third-order valence-electron chi connectivity index (χ3n) is 4.23. The number of hydrogen-bond donors (Lipinski definition) is 0. The van der Waals surface area contributed by atoms with E-state index < -0.39 is 0 Å². The monoisotopic (exact) mass is 343 g/mol. The van der Waals surface area contributed by atoms with Crippen molar-refractivity contribution < 1.29 is 0 Å². The third kappa shape index (κ3) is 2.68. The van der Waals surface area contributed by atoms with E-state index >= 15 is 0 Å². The summed E-state index contributed by atoms with van der Waals surface area (Å²) in [6.45, 7) is 5.47. The minimum Gasteiger partial charge on any atom is -0.290 e. The molecule has 23 heavy (non-hydrogen) atoms. The van der Waals surface area contributed by atoms with Crippen LogP contribution in [0.25, 0.3) is 15.2 Å². The Morgan fingerprint density at radius 1 is 1.17 bits per heavy atom. The third-order valence-corrected chi connectivity index (χ3v) is 5.64. The maximum absolute atomic E-state index is 5.65. The van der Waals surface area contributed by atoms with Crippen LogP contribution in [0.5, 0.6) is 0 Å². The van der Waals surface area contributed by atoms with Gasteiger partial charge in [-0.3, -0.25) is 14.2 Å². The van der Waals surface area contributed by atoms with Gasteiger partial charge in [-0.1, -0.05) is 29.4 Å². The zero-order chi connectivity index (χ0) is 15.8. The summed E-state index contributed by atoms with van der Waals surface area (Å²) in [5.41, 5.74) is 1.14. The van der Waals surface area contributed by atoms with E-state index in [1.54, 1.807) is 11.3 Å². The lowest BCUT2D eigenvalue weighted by Crippen LogP contribution is -2.46. The number of terminal acetylenes is 1. The van der Waals surface area contributed by atoms with Crippen molar-refractivity contribution in [2.24, 2.45) is 0 Å². The molecule has 1 aromatic carbocycles. The van der Waals surface area contributed by atoms with Crippen molar-refractivity contribution in [1.82, 2.24) is 24.0 Å². The average molecular weight is 343 g/mol. The van der Waals surface area contributed by atoms with Crippen LogP contribution in [0.4, 0.5) is 0 Å². The molecule has 1 fully saturated rings. The van der Waals surface area contributed by atoms with Crippen LogP contribution in [-0.2, 0) is 6.67 Å². The molecule has 1 aliphatic heterocycles. The second kappa shape index (κ2) is 6.06. The summed E-state index contributed by atoms with van der Waals surface area (Å²) in [7, 11) is 0. The fraction of sp³-hybridized carbons (Fsp3) is 0.375. The first-order valence-electron chi connectivity index (χ1n) is 7.61. The molecule has 2 aromatic heterocycles. The molecule has 3 aromatic rings. The van der Waals surface area contributed by atoms with Crippen LogP contribution < -0.4 is 0 Å². The fourth-order valence-corrected chi connectivity index (χ4v) is 4.35. The van der Waals surface area contributed by atoms with Gasteiger partial charge in [-0.2, -0.15) is 0 Å². The lowest BCUT2D eigenvalue weighted by atomic mass is 10.3. The number of nitrogens with zero attached hydrogens (tertiary/aromatic N) is 5. The highest BCUT2D eigenvalue weighted by atomic mass is 32.1. The molecule has 0 N–H and O–H groups in total. The molecule has 7 heteroatoms. The predicted molar refractivity (Wildman–Crippen MR) is 96.2 cm³/mol. The summed E-state index contributed by atoms with van der Waals surface area (Å²) in [5, 5.41) is 4.71. The molecule has 1 aliphatic rings. The molecular weight excluding hydrogens is 326 g/mol. The maximum Gasteiger partial charge on any atom is 0.216 e. The lowest BCUT2D eigenvalue weighted by Gasteiger charge is -2.33. The van der Waals surface area contributed by atoms with E-state index in [0.717, 1.165) is 54.6 Å². The summed E-state index contributed by atoms with van der Waals surface area (Å²) < 4.78 is 5.99. The minimum absolute atomic E-state index is 0.736. The Morgan fingerprint density at radius 3 is 2.70 bits per heavy atom. The lowest BCUT2D eigenvalue weighted by molar-refractivity contribution is 0.111. The maximum atomic E-state index is 5.65. The van der Waals surface area contributed by atoms with Gasteiger partial charge in [0.25, 0.3) is 0 Å². The summed E-state index contributed by atoms with van der Waals surface area (Å²) in [6, 6.07) is 8.29. The van der Waals surface area contributed by atoms with Gasteiger partial charge < -0.3 is 0 Å². The van der Waals surface area contributed by atoms with Crippen molar-refractivity contribution in [2.75, 3.05) is 32.7 Å². The van der Waals surface area contributed by atoms with Crippen molar-refractivity contribution in [1.29, 1.82) is 0 Å². The number of piperazine rings is 1. The summed E-state index contributed by atoms with van der Waals surface area (Å²) in [6.07, 6.45) is 5.38. The number of thiazole rings is 1. The van der Waals surface area contributed by atoms with Gasteiger partial charge in [0.05, 0.1) is 23.4 Å². The summed E-state index contributed by atoms with van der Waals surface area (Å²) >= 11 is 7.33. The van der Waals surface area contributed by atoms with Crippen LogP contribution in [0, 0.1) is 17.1 Å². The quantitative estimate of drug-likeness (QED) is 0.539. The van der Waals surface area contributed by atoms with E-state index in [1.807, 2.05) is 16.8 Å². The molecule has 1 saturated heterocycles. The summed E-state index contributed by atoms with van der Waals surface area (Å²) in [4.78, 5) is 5.64. The summed E-state index contributed by atoms with van der Waals surface area (Å²) in [5.74, 6) is 2.71. The van der Waals surface area contributed by atoms with E-state index in [0.29, 0.717) is 0 Å². The molecule has 0 radical (unpaired) electrons. The highest BCUT2D eigenvalue weighted by molar-refractivity contribution is 7.71. The van der Waals surface area contributed by atoms with Crippen LogP contribution in [0.2, 0.25) is 0 Å². The Kier molecular flexibility index (Phi) is 3.91. The van der Waals surface area contributed by atoms with Crippen molar-refractivity contribution in [3.63, 3.8) is 0 Å². The Hall–Kier alpha value is -1.72. The van der Waals surface area contributed by atoms with Crippen molar-refractivity contribution in [3.05, 3.63) is 29.0 Å².